The number of hydrogen-bond donors (Lipinski definition) is 1. The minimum Gasteiger partial charge on any atom is -0.493 e. The quantitative estimate of drug-likeness (QED) is 0.843. The highest BCUT2D eigenvalue weighted by Crippen LogP contribution is 2.21. The molecule has 0 fully saturated rings. The summed E-state index contributed by atoms with van der Waals surface area (Å²) in [4.78, 5) is 0. The Morgan fingerprint density at radius 2 is 2.12 bits per heavy atom. The van der Waals surface area contributed by atoms with Crippen LogP contribution in [0.15, 0.2) is 18.2 Å². The lowest BCUT2D eigenvalue weighted by atomic mass is 10.0. The predicted octanol–water partition coefficient (Wildman–Crippen LogP) is 2.31. The molecule has 1 aromatic rings. The predicted molar refractivity (Wildman–Crippen MR) is 64.2 cm³/mol. The Bertz CT molecular complexity index is 405. The standard InChI is InChI=1S/C13H18N2O/c1-10-5-4-6-12(11(10)2)16-8-7-13(3,15)9-14/h4-6H,7-8,15H2,1-3H3. The van der Waals surface area contributed by atoms with Gasteiger partial charge in [-0.05, 0) is 38.0 Å². The number of aryl methyl sites for hydroxylation is 1. The molecule has 3 heteroatoms. The van der Waals surface area contributed by atoms with E-state index < -0.39 is 5.54 Å². The van der Waals surface area contributed by atoms with Crippen LogP contribution in [0.25, 0.3) is 0 Å². The largest absolute Gasteiger partial charge is 0.493 e. The summed E-state index contributed by atoms with van der Waals surface area (Å²) in [6, 6.07) is 7.99. The molecule has 0 aliphatic heterocycles. The Balaban J connectivity index is 2.57. The molecular weight excluding hydrogens is 200 g/mol. The van der Waals surface area contributed by atoms with Crippen LogP contribution < -0.4 is 10.5 Å². The molecule has 0 amide bonds. The second kappa shape index (κ2) is 5.00. The van der Waals surface area contributed by atoms with Crippen LogP contribution in [-0.2, 0) is 0 Å². The van der Waals surface area contributed by atoms with Crippen LogP contribution in [0.2, 0.25) is 0 Å². The molecule has 0 saturated carbocycles. The minimum absolute atomic E-state index is 0.463. The van der Waals surface area contributed by atoms with Crippen molar-refractivity contribution in [1.82, 2.24) is 0 Å². The summed E-state index contributed by atoms with van der Waals surface area (Å²) in [6.45, 7) is 6.24. The van der Waals surface area contributed by atoms with E-state index in [9.17, 15) is 0 Å². The first-order valence-electron chi connectivity index (χ1n) is 5.35. The second-order valence-electron chi connectivity index (χ2n) is 4.33. The van der Waals surface area contributed by atoms with Gasteiger partial charge in [0, 0.05) is 6.42 Å². The van der Waals surface area contributed by atoms with Crippen molar-refractivity contribution >= 4 is 0 Å². The number of ether oxygens (including phenoxy) is 1. The van der Waals surface area contributed by atoms with Crippen LogP contribution in [-0.4, -0.2) is 12.1 Å². The van der Waals surface area contributed by atoms with Crippen molar-refractivity contribution in [2.24, 2.45) is 5.73 Å². The van der Waals surface area contributed by atoms with Gasteiger partial charge in [-0.2, -0.15) is 5.26 Å². The normalized spacial score (nSPS) is 13.9. The summed E-state index contributed by atoms with van der Waals surface area (Å²) in [7, 11) is 0. The van der Waals surface area contributed by atoms with E-state index in [1.807, 2.05) is 32.0 Å². The zero-order valence-corrected chi connectivity index (χ0v) is 10.1. The van der Waals surface area contributed by atoms with Crippen LogP contribution in [0.3, 0.4) is 0 Å². The molecule has 16 heavy (non-hydrogen) atoms. The Morgan fingerprint density at radius 3 is 2.75 bits per heavy atom. The molecule has 0 aliphatic carbocycles. The van der Waals surface area contributed by atoms with Crippen LogP contribution in [0.1, 0.15) is 24.5 Å². The van der Waals surface area contributed by atoms with Gasteiger partial charge in [0.15, 0.2) is 0 Å². The first kappa shape index (κ1) is 12.5. The maximum atomic E-state index is 8.76. The summed E-state index contributed by atoms with van der Waals surface area (Å²) in [5.74, 6) is 0.869. The molecule has 0 spiro atoms. The number of nitriles is 1. The average molecular weight is 218 g/mol. The third-order valence-corrected chi connectivity index (χ3v) is 2.69. The summed E-state index contributed by atoms with van der Waals surface area (Å²) < 4.78 is 5.62. The molecule has 1 unspecified atom stereocenters. The molecule has 0 saturated heterocycles. The molecule has 86 valence electrons. The van der Waals surface area contributed by atoms with Gasteiger partial charge in [-0.15, -0.1) is 0 Å². The van der Waals surface area contributed by atoms with Crippen molar-refractivity contribution in [3.05, 3.63) is 29.3 Å². The molecular formula is C13H18N2O. The minimum atomic E-state index is -0.808. The smallest absolute Gasteiger partial charge is 0.122 e. The van der Waals surface area contributed by atoms with Crippen LogP contribution in [0, 0.1) is 25.2 Å². The monoisotopic (exact) mass is 218 g/mol. The van der Waals surface area contributed by atoms with Gasteiger partial charge in [0.2, 0.25) is 0 Å². The van der Waals surface area contributed by atoms with Crippen LogP contribution in [0.5, 0.6) is 5.75 Å². The molecule has 1 rings (SSSR count). The van der Waals surface area contributed by atoms with Gasteiger partial charge in [0.1, 0.15) is 11.3 Å². The van der Waals surface area contributed by atoms with Crippen molar-refractivity contribution in [3.8, 4) is 11.8 Å². The van der Waals surface area contributed by atoms with Crippen molar-refractivity contribution in [3.63, 3.8) is 0 Å². The lowest BCUT2D eigenvalue weighted by Gasteiger charge is -2.16. The lowest BCUT2D eigenvalue weighted by Crippen LogP contribution is -2.35. The fourth-order valence-electron chi connectivity index (χ4n) is 1.31. The van der Waals surface area contributed by atoms with E-state index in [1.165, 1.54) is 5.56 Å². The number of benzene rings is 1. The third-order valence-electron chi connectivity index (χ3n) is 2.69. The molecule has 0 aromatic heterocycles. The average Bonchev–Trinajstić information content (AvgIpc) is 2.24. The number of rotatable bonds is 4. The van der Waals surface area contributed by atoms with Gasteiger partial charge >= 0.3 is 0 Å². The number of nitrogens with zero attached hydrogens (tertiary/aromatic N) is 1. The van der Waals surface area contributed by atoms with Crippen molar-refractivity contribution < 1.29 is 4.74 Å². The summed E-state index contributed by atoms with van der Waals surface area (Å²) in [6.07, 6.45) is 0.525. The fraction of sp³-hybridized carbons (Fsp3) is 0.462. The van der Waals surface area contributed by atoms with Crippen LogP contribution in [0.4, 0.5) is 0 Å². The van der Waals surface area contributed by atoms with Gasteiger partial charge in [0.05, 0.1) is 12.7 Å². The van der Waals surface area contributed by atoms with E-state index in [2.05, 4.69) is 6.07 Å². The lowest BCUT2D eigenvalue weighted by molar-refractivity contribution is 0.284. The highest BCUT2D eigenvalue weighted by Gasteiger charge is 2.17. The Labute approximate surface area is 96.8 Å². The maximum absolute atomic E-state index is 8.76. The maximum Gasteiger partial charge on any atom is 0.122 e. The van der Waals surface area contributed by atoms with E-state index in [0.717, 1.165) is 11.3 Å². The van der Waals surface area contributed by atoms with E-state index in [1.54, 1.807) is 6.92 Å². The van der Waals surface area contributed by atoms with Gasteiger partial charge in [-0.1, -0.05) is 12.1 Å². The zero-order valence-electron chi connectivity index (χ0n) is 10.1. The van der Waals surface area contributed by atoms with E-state index in [4.69, 9.17) is 15.7 Å². The summed E-state index contributed by atoms with van der Waals surface area (Å²) in [5.41, 5.74) is 7.24. The first-order chi connectivity index (χ1) is 7.46. The molecule has 0 aliphatic rings. The molecule has 0 heterocycles. The molecule has 1 atom stereocenters. The highest BCUT2D eigenvalue weighted by atomic mass is 16.5. The molecule has 0 radical (unpaired) electrons. The Kier molecular flexibility index (Phi) is 3.92. The zero-order chi connectivity index (χ0) is 12.2. The second-order valence-corrected chi connectivity index (χ2v) is 4.33. The van der Waals surface area contributed by atoms with Gasteiger partial charge in [-0.3, -0.25) is 0 Å². The number of nitrogens with two attached hydrogens (primary N) is 1. The van der Waals surface area contributed by atoms with Gasteiger partial charge in [0.25, 0.3) is 0 Å². The molecule has 1 aromatic carbocycles. The third kappa shape index (κ3) is 3.25. The summed E-state index contributed by atoms with van der Waals surface area (Å²) in [5, 5.41) is 8.76. The first-order valence-corrected chi connectivity index (χ1v) is 5.35. The van der Waals surface area contributed by atoms with Crippen molar-refractivity contribution in [1.29, 1.82) is 5.26 Å². The molecule has 3 nitrogen and oxygen atoms in total. The van der Waals surface area contributed by atoms with E-state index in [-0.39, 0.29) is 0 Å². The van der Waals surface area contributed by atoms with Crippen molar-refractivity contribution in [2.45, 2.75) is 32.7 Å². The van der Waals surface area contributed by atoms with E-state index in [0.29, 0.717) is 13.0 Å². The number of hydrogen-bond acceptors (Lipinski definition) is 3. The summed E-state index contributed by atoms with van der Waals surface area (Å²) >= 11 is 0. The topological polar surface area (TPSA) is 59.0 Å². The SMILES string of the molecule is Cc1cccc(OCCC(C)(N)C#N)c1C. The van der Waals surface area contributed by atoms with Crippen LogP contribution >= 0.6 is 0 Å². The molecule has 0 bridgehead atoms. The Hall–Kier alpha value is -1.53. The fourth-order valence-corrected chi connectivity index (χ4v) is 1.31. The van der Waals surface area contributed by atoms with Gasteiger partial charge < -0.3 is 10.5 Å². The molecule has 2 N–H and O–H groups in total. The van der Waals surface area contributed by atoms with E-state index >= 15 is 0 Å². The van der Waals surface area contributed by atoms with Gasteiger partial charge in [-0.25, -0.2) is 0 Å². The highest BCUT2D eigenvalue weighted by molar-refractivity contribution is 5.38. The van der Waals surface area contributed by atoms with Crippen molar-refractivity contribution in [2.75, 3.05) is 6.61 Å². The Morgan fingerprint density at radius 1 is 1.44 bits per heavy atom.